The summed E-state index contributed by atoms with van der Waals surface area (Å²) < 4.78 is 33.8. The zero-order valence-electron chi connectivity index (χ0n) is 25.9. The fraction of sp³-hybridized carbons (Fsp3) is 0.0976. The molecule has 0 fully saturated rings. The van der Waals surface area contributed by atoms with E-state index < -0.39 is 11.6 Å². The van der Waals surface area contributed by atoms with Crippen LogP contribution in [0.2, 0.25) is 0 Å². The number of nitriles is 1. The van der Waals surface area contributed by atoms with Crippen molar-refractivity contribution in [1.29, 1.82) is 5.26 Å². The summed E-state index contributed by atoms with van der Waals surface area (Å²) in [7, 11) is 0. The second kappa shape index (κ2) is 10.2. The monoisotopic (exact) mass is 601 g/mol. The number of nitrogens with zero attached hydrogens (tertiary/aromatic N) is 3. The van der Waals surface area contributed by atoms with Gasteiger partial charge in [0, 0.05) is 33.2 Å². The maximum absolute atomic E-state index is 14.8. The third kappa shape index (κ3) is 4.14. The Labute approximate surface area is 265 Å². The van der Waals surface area contributed by atoms with Crippen molar-refractivity contribution in [3.63, 3.8) is 0 Å². The van der Waals surface area contributed by atoms with E-state index in [1.54, 1.807) is 0 Å². The molecule has 0 N–H and O–H groups in total. The lowest BCUT2D eigenvalue weighted by atomic mass is 9.97. The van der Waals surface area contributed by atoms with Gasteiger partial charge in [-0.1, -0.05) is 52.6 Å². The van der Waals surface area contributed by atoms with E-state index in [0.29, 0.717) is 28.1 Å². The summed E-state index contributed by atoms with van der Waals surface area (Å²) in [5, 5.41) is 15.4. The van der Waals surface area contributed by atoms with Crippen LogP contribution < -0.4 is 0 Å². The number of aryl methyl sites for hydroxylation is 4. The molecule has 0 saturated carbocycles. The second-order valence-corrected chi connectivity index (χ2v) is 12.4. The van der Waals surface area contributed by atoms with Crippen LogP contribution in [0.25, 0.3) is 66.1 Å². The van der Waals surface area contributed by atoms with E-state index in [2.05, 4.69) is 116 Å². The molecule has 8 aromatic rings. The third-order valence-electron chi connectivity index (χ3n) is 9.06. The predicted octanol–water partition coefficient (Wildman–Crippen LogP) is 10.9. The van der Waals surface area contributed by atoms with E-state index in [9.17, 15) is 14.0 Å². The van der Waals surface area contributed by atoms with Gasteiger partial charge in [0.1, 0.15) is 23.3 Å². The Kier molecular flexibility index (Phi) is 6.13. The molecule has 0 aliphatic heterocycles. The van der Waals surface area contributed by atoms with Gasteiger partial charge in [-0.3, -0.25) is 0 Å². The fourth-order valence-electron chi connectivity index (χ4n) is 7.05. The highest BCUT2D eigenvalue weighted by Gasteiger charge is 2.24. The molecule has 6 aromatic carbocycles. The molecule has 222 valence electrons. The number of halogens is 2. The minimum absolute atomic E-state index is 0.359. The van der Waals surface area contributed by atoms with Crippen molar-refractivity contribution in [2.45, 2.75) is 27.7 Å². The topological polar surface area (TPSA) is 33.6 Å². The van der Waals surface area contributed by atoms with Crippen LogP contribution in [0.1, 0.15) is 27.8 Å². The molecule has 0 amide bonds. The Morgan fingerprint density at radius 3 is 1.33 bits per heavy atom. The van der Waals surface area contributed by atoms with Crippen LogP contribution in [0, 0.1) is 50.7 Å². The standard InChI is InChI=1S/C41H29F2N3/c1-23-5-10-36-31(15-23)32-16-24(2)6-11-37(32)45(36)40-14-9-30(27-19-28(42)21-29(43)20-27)41(35(40)22-44)46-38-12-7-25(3)17-33(38)34-18-26(4)8-13-39(34)46/h5-21H,1-4H3. The maximum Gasteiger partial charge on any atom is 0.126 e. The molecule has 2 aromatic heterocycles. The quantitative estimate of drug-likeness (QED) is 0.198. The maximum atomic E-state index is 14.8. The second-order valence-electron chi connectivity index (χ2n) is 12.4. The van der Waals surface area contributed by atoms with Gasteiger partial charge in [-0.2, -0.15) is 5.26 Å². The van der Waals surface area contributed by atoms with E-state index >= 15 is 0 Å². The van der Waals surface area contributed by atoms with Gasteiger partial charge in [0.2, 0.25) is 0 Å². The van der Waals surface area contributed by atoms with Gasteiger partial charge in [-0.25, -0.2) is 8.78 Å². The minimum Gasteiger partial charge on any atom is -0.308 e. The summed E-state index contributed by atoms with van der Waals surface area (Å²) in [6.45, 7) is 8.28. The lowest BCUT2D eigenvalue weighted by Crippen LogP contribution is -2.06. The molecule has 2 heterocycles. The Bertz CT molecular complexity index is 2470. The van der Waals surface area contributed by atoms with Gasteiger partial charge in [0.05, 0.1) is 33.4 Å². The van der Waals surface area contributed by atoms with Gasteiger partial charge < -0.3 is 9.13 Å². The molecule has 0 aliphatic carbocycles. The average Bonchev–Trinajstić information content (AvgIpc) is 3.50. The minimum atomic E-state index is -0.676. The van der Waals surface area contributed by atoms with Crippen LogP contribution in [0.15, 0.2) is 103 Å². The van der Waals surface area contributed by atoms with Gasteiger partial charge >= 0.3 is 0 Å². The molecule has 0 spiro atoms. The summed E-state index contributed by atoms with van der Waals surface area (Å²) in [5.41, 5.74) is 10.9. The van der Waals surface area contributed by atoms with Gasteiger partial charge in [-0.05, 0) is 100.0 Å². The Morgan fingerprint density at radius 1 is 0.500 bits per heavy atom. The fourth-order valence-corrected chi connectivity index (χ4v) is 7.05. The number of aromatic nitrogens is 2. The average molecular weight is 602 g/mol. The molecule has 0 radical (unpaired) electrons. The van der Waals surface area contributed by atoms with E-state index in [1.165, 1.54) is 12.1 Å². The van der Waals surface area contributed by atoms with Crippen molar-refractivity contribution in [1.82, 2.24) is 9.13 Å². The number of hydrogen-bond donors (Lipinski definition) is 0. The van der Waals surface area contributed by atoms with Crippen LogP contribution in [0.5, 0.6) is 0 Å². The van der Waals surface area contributed by atoms with E-state index in [0.717, 1.165) is 71.9 Å². The molecule has 0 atom stereocenters. The lowest BCUT2D eigenvalue weighted by molar-refractivity contribution is 0.584. The summed E-state index contributed by atoms with van der Waals surface area (Å²) in [6.07, 6.45) is 0. The Morgan fingerprint density at radius 2 is 0.913 bits per heavy atom. The summed E-state index contributed by atoms with van der Waals surface area (Å²) in [5.74, 6) is -1.35. The summed E-state index contributed by atoms with van der Waals surface area (Å²) >= 11 is 0. The van der Waals surface area contributed by atoms with Crippen molar-refractivity contribution in [2.24, 2.45) is 0 Å². The van der Waals surface area contributed by atoms with E-state index in [1.807, 2.05) is 12.1 Å². The Balaban J connectivity index is 1.58. The van der Waals surface area contributed by atoms with Gasteiger partial charge in [-0.15, -0.1) is 0 Å². The number of rotatable bonds is 3. The highest BCUT2D eigenvalue weighted by Crippen LogP contribution is 2.42. The summed E-state index contributed by atoms with van der Waals surface area (Å²) in [4.78, 5) is 0. The molecule has 0 bridgehead atoms. The molecule has 0 unspecified atom stereocenters. The Hall–Kier alpha value is -5.73. The van der Waals surface area contributed by atoms with Crippen molar-refractivity contribution in [3.05, 3.63) is 143 Å². The van der Waals surface area contributed by atoms with Crippen molar-refractivity contribution >= 4 is 43.6 Å². The van der Waals surface area contributed by atoms with Crippen LogP contribution in [0.3, 0.4) is 0 Å². The first kappa shape index (κ1) is 27.8. The molecule has 8 rings (SSSR count). The zero-order chi connectivity index (χ0) is 31.9. The van der Waals surface area contributed by atoms with Gasteiger partial charge in [0.25, 0.3) is 0 Å². The highest BCUT2D eigenvalue weighted by molar-refractivity contribution is 6.12. The smallest absolute Gasteiger partial charge is 0.126 e. The summed E-state index contributed by atoms with van der Waals surface area (Å²) in [6, 6.07) is 35.2. The van der Waals surface area contributed by atoms with Crippen LogP contribution in [0.4, 0.5) is 8.78 Å². The van der Waals surface area contributed by atoms with Crippen LogP contribution in [-0.4, -0.2) is 9.13 Å². The number of fused-ring (bicyclic) bond motifs is 6. The van der Waals surface area contributed by atoms with Crippen LogP contribution >= 0.6 is 0 Å². The molecule has 0 aliphatic rings. The highest BCUT2D eigenvalue weighted by atomic mass is 19.1. The van der Waals surface area contributed by atoms with E-state index in [-0.39, 0.29) is 0 Å². The first-order valence-electron chi connectivity index (χ1n) is 15.3. The van der Waals surface area contributed by atoms with Crippen molar-refractivity contribution in [2.75, 3.05) is 0 Å². The molecular formula is C41H29F2N3. The molecule has 46 heavy (non-hydrogen) atoms. The molecule has 3 nitrogen and oxygen atoms in total. The van der Waals surface area contributed by atoms with Crippen LogP contribution in [-0.2, 0) is 0 Å². The molecule has 0 saturated heterocycles. The first-order valence-corrected chi connectivity index (χ1v) is 15.3. The predicted molar refractivity (Wildman–Crippen MR) is 184 cm³/mol. The normalized spacial score (nSPS) is 11.7. The molecule has 5 heteroatoms. The van der Waals surface area contributed by atoms with Crippen molar-refractivity contribution in [3.8, 4) is 28.6 Å². The molecular weight excluding hydrogens is 572 g/mol. The number of benzene rings is 6. The largest absolute Gasteiger partial charge is 0.308 e. The first-order chi connectivity index (χ1) is 22.2. The third-order valence-corrected chi connectivity index (χ3v) is 9.06. The zero-order valence-corrected chi connectivity index (χ0v) is 25.9. The number of hydrogen-bond acceptors (Lipinski definition) is 1. The van der Waals surface area contributed by atoms with E-state index in [4.69, 9.17) is 0 Å². The lowest BCUT2D eigenvalue weighted by Gasteiger charge is -2.20. The van der Waals surface area contributed by atoms with Crippen molar-refractivity contribution < 1.29 is 8.78 Å². The van der Waals surface area contributed by atoms with Gasteiger partial charge in [0.15, 0.2) is 0 Å². The SMILES string of the molecule is Cc1ccc2c(c1)c1cc(C)ccc1n2-c1ccc(-c2cc(F)cc(F)c2)c(-n2c3ccc(C)cc3c3cc(C)ccc32)c1C#N.